The fourth-order valence-corrected chi connectivity index (χ4v) is 2.80. The second-order valence-corrected chi connectivity index (χ2v) is 6.68. The lowest BCUT2D eigenvalue weighted by Gasteiger charge is -2.12. The molecule has 0 spiro atoms. The van der Waals surface area contributed by atoms with Crippen molar-refractivity contribution < 1.29 is 23.8 Å². The van der Waals surface area contributed by atoms with Gasteiger partial charge in [-0.1, -0.05) is 0 Å². The molecule has 0 saturated heterocycles. The van der Waals surface area contributed by atoms with Crippen LogP contribution in [0.3, 0.4) is 0 Å². The smallest absolute Gasteiger partial charge is 0.319 e. The Morgan fingerprint density at radius 3 is 2.69 bits per heavy atom. The molecule has 0 atom stereocenters. The monoisotopic (exact) mass is 396 g/mol. The number of carbonyl (C=O) groups is 2. The second kappa shape index (κ2) is 7.27. The zero-order valence-electron chi connectivity index (χ0n) is 15.1. The van der Waals surface area contributed by atoms with Gasteiger partial charge in [0.25, 0.3) is 5.91 Å². The van der Waals surface area contributed by atoms with Crippen LogP contribution in [0.4, 0.5) is 14.9 Å². The SMILES string of the molecule is NC(=O)c1cc2c(Oc3ccc(NC(=O)NC4CC4)c(F)c3)ccnc2cc1O. The van der Waals surface area contributed by atoms with Gasteiger partial charge in [0.15, 0.2) is 0 Å². The molecule has 0 bridgehead atoms. The van der Waals surface area contributed by atoms with E-state index in [1.807, 2.05) is 0 Å². The number of amides is 3. The first kappa shape index (κ1) is 18.5. The Labute approximate surface area is 164 Å². The van der Waals surface area contributed by atoms with Crippen LogP contribution in [-0.4, -0.2) is 28.1 Å². The van der Waals surface area contributed by atoms with Gasteiger partial charge < -0.3 is 26.2 Å². The maximum Gasteiger partial charge on any atom is 0.319 e. The number of hydrogen-bond acceptors (Lipinski definition) is 5. The number of ether oxygens (including phenoxy) is 1. The number of rotatable bonds is 5. The number of aromatic nitrogens is 1. The van der Waals surface area contributed by atoms with Crippen molar-refractivity contribution in [3.8, 4) is 17.2 Å². The Kier molecular flexibility index (Phi) is 4.63. The third kappa shape index (κ3) is 4.03. The number of urea groups is 1. The van der Waals surface area contributed by atoms with Crippen molar-refractivity contribution in [2.75, 3.05) is 5.32 Å². The minimum atomic E-state index is -0.801. The van der Waals surface area contributed by atoms with E-state index in [1.54, 1.807) is 0 Å². The van der Waals surface area contributed by atoms with Crippen LogP contribution < -0.4 is 21.1 Å². The van der Waals surface area contributed by atoms with Gasteiger partial charge in [-0.05, 0) is 37.1 Å². The topological polar surface area (TPSA) is 127 Å². The number of benzene rings is 2. The molecule has 1 aliphatic rings. The van der Waals surface area contributed by atoms with Gasteiger partial charge in [-0.2, -0.15) is 0 Å². The largest absolute Gasteiger partial charge is 0.507 e. The molecule has 1 fully saturated rings. The van der Waals surface area contributed by atoms with Crippen molar-refractivity contribution >= 4 is 28.5 Å². The number of pyridine rings is 1. The summed E-state index contributed by atoms with van der Waals surface area (Å²) in [7, 11) is 0. The number of halogens is 1. The van der Waals surface area contributed by atoms with Crippen molar-refractivity contribution in [3.63, 3.8) is 0 Å². The fourth-order valence-electron chi connectivity index (χ4n) is 2.80. The molecule has 3 aromatic rings. The number of fused-ring (bicyclic) bond motifs is 1. The number of nitrogens with zero attached hydrogens (tertiary/aromatic N) is 1. The predicted molar refractivity (Wildman–Crippen MR) is 104 cm³/mol. The lowest BCUT2D eigenvalue weighted by atomic mass is 10.1. The Bertz CT molecular complexity index is 1130. The van der Waals surface area contributed by atoms with Crippen molar-refractivity contribution in [1.82, 2.24) is 10.3 Å². The van der Waals surface area contributed by atoms with Gasteiger partial charge >= 0.3 is 6.03 Å². The van der Waals surface area contributed by atoms with Crippen LogP contribution in [-0.2, 0) is 0 Å². The molecule has 1 aromatic heterocycles. The Morgan fingerprint density at radius 2 is 2.00 bits per heavy atom. The number of carbonyl (C=O) groups excluding carboxylic acids is 2. The maximum absolute atomic E-state index is 14.4. The molecular weight excluding hydrogens is 379 g/mol. The van der Waals surface area contributed by atoms with E-state index in [0.29, 0.717) is 16.7 Å². The number of anilines is 1. The molecule has 5 N–H and O–H groups in total. The molecular formula is C20H17FN4O4. The molecule has 1 heterocycles. The van der Waals surface area contributed by atoms with Crippen molar-refractivity contribution in [3.05, 3.63) is 54.0 Å². The first-order valence-corrected chi connectivity index (χ1v) is 8.87. The summed E-state index contributed by atoms with van der Waals surface area (Å²) in [6.07, 6.45) is 3.31. The standard InChI is InChI=1S/C20H17FN4O4/c21-14-7-11(3-4-15(14)25-20(28)24-10-1-2-10)29-18-5-6-23-16-9-17(26)13(19(22)27)8-12(16)18/h3-10,26H,1-2H2,(H2,22,27)(H2,24,25,28). The molecule has 0 radical (unpaired) electrons. The van der Waals surface area contributed by atoms with Crippen molar-refractivity contribution in [2.24, 2.45) is 5.73 Å². The second-order valence-electron chi connectivity index (χ2n) is 6.68. The molecule has 0 unspecified atom stereocenters. The van der Waals surface area contributed by atoms with Crippen LogP contribution in [0.5, 0.6) is 17.2 Å². The van der Waals surface area contributed by atoms with Crippen LogP contribution in [0.25, 0.3) is 10.9 Å². The van der Waals surface area contributed by atoms with Gasteiger partial charge in [0, 0.05) is 29.8 Å². The van der Waals surface area contributed by atoms with E-state index in [4.69, 9.17) is 10.5 Å². The Hall–Kier alpha value is -3.88. The zero-order chi connectivity index (χ0) is 20.5. The molecule has 0 aliphatic heterocycles. The molecule has 9 heteroatoms. The van der Waals surface area contributed by atoms with Crippen LogP contribution in [0.1, 0.15) is 23.2 Å². The fraction of sp³-hybridized carbons (Fsp3) is 0.150. The number of phenols is 1. The summed E-state index contributed by atoms with van der Waals surface area (Å²) in [4.78, 5) is 27.4. The number of hydrogen-bond donors (Lipinski definition) is 4. The van der Waals surface area contributed by atoms with E-state index in [0.717, 1.165) is 18.9 Å². The van der Waals surface area contributed by atoms with Crippen molar-refractivity contribution in [2.45, 2.75) is 18.9 Å². The van der Waals surface area contributed by atoms with Crippen LogP contribution >= 0.6 is 0 Å². The van der Waals surface area contributed by atoms with Gasteiger partial charge in [0.1, 0.15) is 23.1 Å². The van der Waals surface area contributed by atoms with Gasteiger partial charge in [-0.3, -0.25) is 9.78 Å². The third-order valence-corrected chi connectivity index (χ3v) is 4.41. The molecule has 1 aliphatic carbocycles. The van der Waals surface area contributed by atoms with E-state index < -0.39 is 17.8 Å². The zero-order valence-corrected chi connectivity index (χ0v) is 15.1. The minimum Gasteiger partial charge on any atom is -0.507 e. The number of aromatic hydroxyl groups is 1. The average Bonchev–Trinajstić information content (AvgIpc) is 3.47. The van der Waals surface area contributed by atoms with Gasteiger partial charge in [0.2, 0.25) is 0 Å². The Morgan fingerprint density at radius 1 is 1.21 bits per heavy atom. The molecule has 3 amide bonds. The highest BCUT2D eigenvalue weighted by Crippen LogP contribution is 2.33. The summed E-state index contributed by atoms with van der Waals surface area (Å²) in [6, 6.07) is 7.92. The van der Waals surface area contributed by atoms with Gasteiger partial charge in [-0.15, -0.1) is 0 Å². The van der Waals surface area contributed by atoms with E-state index in [9.17, 15) is 19.1 Å². The molecule has 2 aromatic carbocycles. The highest BCUT2D eigenvalue weighted by molar-refractivity contribution is 6.01. The number of nitrogens with two attached hydrogens (primary N) is 1. The summed E-state index contributed by atoms with van der Waals surface area (Å²) in [5.41, 5.74) is 5.59. The maximum atomic E-state index is 14.4. The molecule has 4 rings (SSSR count). The van der Waals surface area contributed by atoms with Crippen LogP contribution in [0.2, 0.25) is 0 Å². The predicted octanol–water partition coefficient (Wildman–Crippen LogP) is 3.25. The van der Waals surface area contributed by atoms with Crippen LogP contribution in [0.15, 0.2) is 42.6 Å². The summed E-state index contributed by atoms with van der Waals surface area (Å²) in [5.74, 6) is -1.28. The lowest BCUT2D eigenvalue weighted by Crippen LogP contribution is -2.30. The number of primary amides is 1. The molecule has 1 saturated carbocycles. The molecule has 29 heavy (non-hydrogen) atoms. The first-order valence-electron chi connectivity index (χ1n) is 8.87. The summed E-state index contributed by atoms with van der Waals surface area (Å²) < 4.78 is 20.1. The molecule has 148 valence electrons. The van der Waals surface area contributed by atoms with Gasteiger partial charge in [-0.25, -0.2) is 9.18 Å². The highest BCUT2D eigenvalue weighted by atomic mass is 19.1. The van der Waals surface area contributed by atoms with E-state index >= 15 is 0 Å². The van der Waals surface area contributed by atoms with E-state index in [1.165, 1.54) is 36.5 Å². The Balaban J connectivity index is 1.59. The lowest BCUT2D eigenvalue weighted by molar-refractivity contribution is 0.0998. The third-order valence-electron chi connectivity index (χ3n) is 4.41. The summed E-state index contributed by atoms with van der Waals surface area (Å²) >= 11 is 0. The van der Waals surface area contributed by atoms with Gasteiger partial charge in [0.05, 0.1) is 16.8 Å². The molecule has 8 nitrogen and oxygen atoms in total. The normalized spacial score (nSPS) is 13.1. The quantitative estimate of drug-likeness (QED) is 0.527. The minimum absolute atomic E-state index is 0.0241. The summed E-state index contributed by atoms with van der Waals surface area (Å²) in [5, 5.41) is 15.5. The average molecular weight is 396 g/mol. The first-order chi connectivity index (χ1) is 13.9. The van der Waals surface area contributed by atoms with E-state index in [-0.39, 0.29) is 28.8 Å². The highest BCUT2D eigenvalue weighted by Gasteiger charge is 2.23. The number of nitrogens with one attached hydrogen (secondary N) is 2. The van der Waals surface area contributed by atoms with Crippen LogP contribution in [0, 0.1) is 5.82 Å². The summed E-state index contributed by atoms with van der Waals surface area (Å²) in [6.45, 7) is 0. The van der Waals surface area contributed by atoms with Crippen molar-refractivity contribution in [1.29, 1.82) is 0 Å². The van der Waals surface area contributed by atoms with E-state index in [2.05, 4.69) is 15.6 Å².